The van der Waals surface area contributed by atoms with Crippen LogP contribution in [0.5, 0.6) is 11.5 Å². The number of aliphatic imine (C=N–C) groups is 1. The number of aliphatic hydroxyl groups is 1. The zero-order valence-electron chi connectivity index (χ0n) is 53.6. The molecule has 1 amide bonds. The lowest BCUT2D eigenvalue weighted by molar-refractivity contribution is -0.173. The Bertz CT molecular complexity index is 3290. The number of guanidine groups is 1. The van der Waals surface area contributed by atoms with Crippen molar-refractivity contribution in [2.24, 2.45) is 78.2 Å². The smallest absolute Gasteiger partial charge is 0.303 e. The molecule has 7 heterocycles. The summed E-state index contributed by atoms with van der Waals surface area (Å²) in [6, 6.07) is 13.1. The minimum Gasteiger partial charge on any atom is -0.504 e. The summed E-state index contributed by atoms with van der Waals surface area (Å²) < 4.78 is 14.0. The number of aryl methyl sites for hydroxylation is 1. The van der Waals surface area contributed by atoms with E-state index in [-0.39, 0.29) is 57.6 Å². The number of nitrogens with one attached hydrogen (secondary N) is 1. The van der Waals surface area contributed by atoms with Gasteiger partial charge in [0.25, 0.3) is 0 Å². The zero-order valence-corrected chi connectivity index (χ0v) is 55.3. The molecule has 0 unspecified atom stereocenters. The first kappa shape index (κ1) is 59.0. The molecular weight excluding hydrogens is 1140 g/mol. The van der Waals surface area contributed by atoms with E-state index in [4.69, 9.17) is 20.2 Å². The standard InChI is InChI=1S/C77H102N4O6S2/c1-51(82)86-72-33-19-54-40-57(65(85)66-64(54)55-20-35-75(87-66)27-10-15-58(75)41-55)46-81-50-74(45-63(81)84)61(53-13-3-2-4-14-53)22-32-71(74)25-9-12-52-18-31-69(42-52)26-11-30-77(69,80-67(78)79-49-71)89-88-47-59-17-16-56(60(21-34-72)62(83)44-72)43-73(59)39-38-70(76(73)28-7-8-29-76)37-36-68(48-70)23-5-6-24-68/h2-4,13-14,20,35,40,52,55-56,58-62,83,85H,5-8,10-12,15-19,21-24,26-34,36-39,41-50H2,1H3,(H3,78,79,80)/t52-,55-,56+,58+,59-,60-,61-,62+,69+,70+,71-,72-,73+,74-,75+,77+/m0/s1. The van der Waals surface area contributed by atoms with Crippen LogP contribution >= 0.6 is 21.6 Å². The minimum atomic E-state index is -0.829. The van der Waals surface area contributed by atoms with E-state index in [0.29, 0.717) is 96.0 Å². The van der Waals surface area contributed by atoms with Gasteiger partial charge in [-0.15, -0.1) is 5.92 Å². The van der Waals surface area contributed by atoms with E-state index in [1.807, 2.05) is 4.90 Å². The van der Waals surface area contributed by atoms with Gasteiger partial charge < -0.3 is 35.6 Å². The van der Waals surface area contributed by atoms with Crippen LogP contribution in [-0.4, -0.2) is 74.0 Å². The number of fused-ring (bicyclic) bond motifs is 3. The maximum Gasteiger partial charge on any atom is 0.303 e. The van der Waals surface area contributed by atoms with Crippen molar-refractivity contribution < 1.29 is 29.3 Å². The molecule has 10 nitrogen and oxygen atoms in total. The van der Waals surface area contributed by atoms with Crippen LogP contribution in [0.2, 0.25) is 0 Å². The molecule has 89 heavy (non-hydrogen) atoms. The molecule has 0 aromatic heterocycles. The molecule has 1 saturated heterocycles. The lowest BCUT2D eigenvalue weighted by Crippen LogP contribution is -2.56. The first-order valence-electron chi connectivity index (χ1n) is 36.5. The predicted molar refractivity (Wildman–Crippen MR) is 354 cm³/mol. The van der Waals surface area contributed by atoms with E-state index in [0.717, 1.165) is 93.9 Å². The van der Waals surface area contributed by atoms with Crippen molar-refractivity contribution in [2.45, 2.75) is 272 Å². The number of ether oxygens (including phenoxy) is 2. The molecule has 478 valence electrons. The number of hydrogen-bond donors (Lipinski definition) is 4. The maximum atomic E-state index is 15.5. The normalized spacial score (nSPS) is 44.7. The third-order valence-electron chi connectivity index (χ3n) is 30.3. The number of amides is 1. The molecule has 18 aliphatic rings. The Balaban J connectivity index is 0.797. The fourth-order valence-electron chi connectivity index (χ4n) is 26.5. The van der Waals surface area contributed by atoms with Gasteiger partial charge in [-0.1, -0.05) is 89.6 Å². The number of phenolic OH excluding ortho intramolecular Hbond substituents is 1. The highest BCUT2D eigenvalue weighted by molar-refractivity contribution is 8.77. The third kappa shape index (κ3) is 8.81. The lowest BCUT2D eigenvalue weighted by Gasteiger charge is -2.60. The van der Waals surface area contributed by atoms with Crippen molar-refractivity contribution in [3.8, 4) is 23.3 Å². The van der Waals surface area contributed by atoms with E-state index in [1.54, 1.807) is 6.92 Å². The second-order valence-corrected chi connectivity index (χ2v) is 36.3. The van der Waals surface area contributed by atoms with Crippen LogP contribution in [0.15, 0.2) is 53.5 Å². The lowest BCUT2D eigenvalue weighted by atomic mass is 9.45. The summed E-state index contributed by atoms with van der Waals surface area (Å²) in [4.78, 5) is 36.5. The fraction of sp³-hybridized carbons (Fsp3) is 0.753. The van der Waals surface area contributed by atoms with Gasteiger partial charge in [-0.3, -0.25) is 14.6 Å². The Labute approximate surface area is 539 Å². The van der Waals surface area contributed by atoms with Crippen LogP contribution in [0, 0.1) is 79.3 Å². The first-order chi connectivity index (χ1) is 43.1. The third-order valence-corrected chi connectivity index (χ3v) is 33.6. The van der Waals surface area contributed by atoms with Gasteiger partial charge in [-0.25, -0.2) is 0 Å². The SMILES string of the molecule is CC(=O)O[C@@]12CCc3cc(c(O)c4c3[C@H]3C=C[C@@]5(CCC[C@@H]5C3)O4)CN3C[C@@]4(CC3=O)[C@H](c3ccccc3)CC[C@]43C#CC[C@H]4CC[C@]5(CCC[C@@]5(NC(N)=NC3)SSC[C@@H]3CC[C@H](C[C@]35CC[C@@]3(CCC6(CCCC6)C3)C53CCCC3)[C@H](CC1)[C@H](O)C2)C4. The number of carbonyl (C=O) groups is 2. The number of phenols is 1. The number of esters is 1. The summed E-state index contributed by atoms with van der Waals surface area (Å²) in [5.74, 6) is 12.5. The topological polar surface area (TPSA) is 147 Å². The van der Waals surface area contributed by atoms with Gasteiger partial charge in [0.1, 0.15) is 16.1 Å². The quantitative estimate of drug-likeness (QED) is 0.0992. The summed E-state index contributed by atoms with van der Waals surface area (Å²) in [5, 5.41) is 30.3. The Kier molecular flexibility index (Phi) is 14.2. The van der Waals surface area contributed by atoms with E-state index < -0.39 is 28.1 Å². The monoisotopic (exact) mass is 1240 g/mol. The maximum absolute atomic E-state index is 15.5. The Morgan fingerprint density at radius 2 is 1.66 bits per heavy atom. The molecule has 14 bridgehead atoms. The molecule has 11 aliphatic carbocycles. The van der Waals surface area contributed by atoms with Gasteiger partial charge in [0.05, 0.1) is 18.1 Å². The molecule has 12 heteroatoms. The molecule has 10 saturated carbocycles. The number of benzene rings is 2. The van der Waals surface area contributed by atoms with Gasteiger partial charge in [-0.2, -0.15) is 0 Å². The highest BCUT2D eigenvalue weighted by Crippen LogP contribution is 2.82. The molecule has 11 fully saturated rings. The molecule has 2 aromatic rings. The number of aromatic hydroxyl groups is 1. The highest BCUT2D eigenvalue weighted by atomic mass is 33.1. The average molecular weight is 1240 g/mol. The van der Waals surface area contributed by atoms with Crippen LogP contribution in [0.4, 0.5) is 0 Å². The second kappa shape index (κ2) is 21.4. The number of nitrogens with two attached hydrogens (primary N) is 1. The van der Waals surface area contributed by atoms with Crippen LogP contribution < -0.4 is 15.8 Å². The molecular formula is C77H102N4O6S2. The molecule has 16 atom stereocenters. The van der Waals surface area contributed by atoms with Gasteiger partial charge in [-0.05, 0) is 254 Å². The van der Waals surface area contributed by atoms with Crippen LogP contribution in [0.3, 0.4) is 0 Å². The second-order valence-electron chi connectivity index (χ2n) is 33.7. The van der Waals surface area contributed by atoms with E-state index in [9.17, 15) is 15.0 Å². The zero-order chi connectivity index (χ0) is 60.3. The summed E-state index contributed by atoms with van der Waals surface area (Å²) in [6.07, 6.45) is 43.4. The van der Waals surface area contributed by atoms with Gasteiger partial charge >= 0.3 is 5.97 Å². The fourth-order valence-corrected chi connectivity index (χ4v) is 30.4. The van der Waals surface area contributed by atoms with Crippen molar-refractivity contribution in [2.75, 3.05) is 18.8 Å². The van der Waals surface area contributed by atoms with Crippen LogP contribution in [0.1, 0.15) is 259 Å². The number of allylic oxidation sites excluding steroid dienone is 1. The van der Waals surface area contributed by atoms with Gasteiger partial charge in [0.15, 0.2) is 17.5 Å². The number of rotatable bonds is 2. The van der Waals surface area contributed by atoms with Gasteiger partial charge in [0, 0.05) is 78.8 Å². The molecule has 7 aliphatic heterocycles. The van der Waals surface area contributed by atoms with Crippen LogP contribution in [0.25, 0.3) is 0 Å². The Morgan fingerprint density at radius 3 is 2.51 bits per heavy atom. The molecule has 9 spiro atoms. The van der Waals surface area contributed by atoms with Crippen molar-refractivity contribution >= 4 is 39.4 Å². The van der Waals surface area contributed by atoms with Crippen LogP contribution in [-0.2, 0) is 27.3 Å². The van der Waals surface area contributed by atoms with Crippen molar-refractivity contribution in [1.29, 1.82) is 0 Å². The molecule has 0 radical (unpaired) electrons. The van der Waals surface area contributed by atoms with Crippen molar-refractivity contribution in [3.05, 3.63) is 70.8 Å². The van der Waals surface area contributed by atoms with Gasteiger partial charge in [0.2, 0.25) is 5.91 Å². The predicted octanol–water partition coefficient (Wildman–Crippen LogP) is 15.9. The Morgan fingerprint density at radius 1 is 0.820 bits per heavy atom. The number of nitrogens with zero attached hydrogens (tertiary/aromatic N) is 2. The van der Waals surface area contributed by atoms with E-state index >= 15 is 4.79 Å². The van der Waals surface area contributed by atoms with Crippen molar-refractivity contribution in [1.82, 2.24) is 10.2 Å². The number of carbonyl (C=O) groups excluding carboxylic acids is 2. The number of aliphatic hydroxyl groups excluding tert-OH is 1. The first-order valence-corrected chi connectivity index (χ1v) is 38.8. The Hall–Kier alpha value is -3.79. The van der Waals surface area contributed by atoms with Crippen molar-refractivity contribution in [3.63, 3.8) is 0 Å². The minimum absolute atomic E-state index is 0.0693. The molecule has 20 rings (SSSR count). The van der Waals surface area contributed by atoms with E-state index in [1.165, 1.54) is 128 Å². The molecule has 5 N–H and O–H groups in total. The average Bonchev–Trinajstić information content (AvgIpc) is 1.52. The summed E-state index contributed by atoms with van der Waals surface area (Å²) >= 11 is 0. The van der Waals surface area contributed by atoms with E-state index in [2.05, 4.69) is 87.3 Å². The highest BCUT2D eigenvalue weighted by Gasteiger charge is 2.73. The summed E-state index contributed by atoms with van der Waals surface area (Å²) in [6.45, 7) is 2.74. The summed E-state index contributed by atoms with van der Waals surface area (Å²) in [7, 11) is 4.38. The number of hydrogen-bond acceptors (Lipinski definition) is 11. The largest absolute Gasteiger partial charge is 0.504 e. The summed E-state index contributed by atoms with van der Waals surface area (Å²) in [5.41, 5.74) is 10.9. The molecule has 2 aromatic carbocycles.